The fourth-order valence-electron chi connectivity index (χ4n) is 1.19. The third kappa shape index (κ3) is 3.17. The standard InChI is InChI=1S/C13H14O2/c1-3-4-5-13(15)12-8-6-11(7-9-12)10(2)14/h4-9H,3H2,1-2H3/b5-4+. The fourth-order valence-corrected chi connectivity index (χ4v) is 1.19. The van der Waals surface area contributed by atoms with E-state index >= 15 is 0 Å². The van der Waals surface area contributed by atoms with Gasteiger partial charge in [0.1, 0.15) is 0 Å². The number of Topliss-reactive ketones (excluding diaryl/α,β-unsaturated/α-hetero) is 1. The van der Waals surface area contributed by atoms with Crippen molar-refractivity contribution >= 4 is 11.6 Å². The number of ketones is 2. The van der Waals surface area contributed by atoms with Crippen molar-refractivity contribution in [2.45, 2.75) is 20.3 Å². The zero-order valence-corrected chi connectivity index (χ0v) is 8.99. The van der Waals surface area contributed by atoms with Gasteiger partial charge in [0.2, 0.25) is 0 Å². The number of carbonyl (C=O) groups excluding carboxylic acids is 2. The molecule has 1 rings (SSSR count). The molecular weight excluding hydrogens is 188 g/mol. The van der Waals surface area contributed by atoms with Gasteiger partial charge in [0, 0.05) is 11.1 Å². The molecule has 0 N–H and O–H groups in total. The van der Waals surface area contributed by atoms with Crippen LogP contribution in [-0.2, 0) is 0 Å². The highest BCUT2D eigenvalue weighted by Crippen LogP contribution is 2.06. The Morgan fingerprint density at radius 3 is 2.13 bits per heavy atom. The van der Waals surface area contributed by atoms with E-state index in [1.54, 1.807) is 30.3 Å². The maximum absolute atomic E-state index is 11.5. The van der Waals surface area contributed by atoms with Gasteiger partial charge in [-0.05, 0) is 19.4 Å². The Hall–Kier alpha value is -1.70. The van der Waals surface area contributed by atoms with E-state index in [1.807, 2.05) is 13.0 Å². The van der Waals surface area contributed by atoms with E-state index < -0.39 is 0 Å². The van der Waals surface area contributed by atoms with Crippen molar-refractivity contribution in [1.29, 1.82) is 0 Å². The highest BCUT2D eigenvalue weighted by atomic mass is 16.1. The van der Waals surface area contributed by atoms with Crippen LogP contribution >= 0.6 is 0 Å². The van der Waals surface area contributed by atoms with Crippen LogP contribution in [0, 0.1) is 0 Å². The van der Waals surface area contributed by atoms with Crippen LogP contribution < -0.4 is 0 Å². The number of benzene rings is 1. The van der Waals surface area contributed by atoms with Gasteiger partial charge >= 0.3 is 0 Å². The van der Waals surface area contributed by atoms with Crippen molar-refractivity contribution in [2.75, 3.05) is 0 Å². The predicted octanol–water partition coefficient (Wildman–Crippen LogP) is 3.04. The van der Waals surface area contributed by atoms with Gasteiger partial charge in [-0.15, -0.1) is 0 Å². The molecule has 0 amide bonds. The van der Waals surface area contributed by atoms with Gasteiger partial charge in [-0.3, -0.25) is 9.59 Å². The molecule has 0 spiro atoms. The summed E-state index contributed by atoms with van der Waals surface area (Å²) in [6, 6.07) is 6.71. The molecule has 0 fully saturated rings. The van der Waals surface area contributed by atoms with Crippen LogP contribution in [0.1, 0.15) is 41.0 Å². The SMILES string of the molecule is CC/C=C/C(=O)c1ccc(C(C)=O)cc1. The molecule has 0 aliphatic rings. The Balaban J connectivity index is 2.84. The van der Waals surface area contributed by atoms with E-state index in [1.165, 1.54) is 6.92 Å². The molecule has 0 aliphatic carbocycles. The zero-order chi connectivity index (χ0) is 11.3. The van der Waals surface area contributed by atoms with Crippen molar-refractivity contribution in [2.24, 2.45) is 0 Å². The van der Waals surface area contributed by atoms with Gasteiger partial charge in [0.25, 0.3) is 0 Å². The first-order chi connectivity index (χ1) is 7.15. The first kappa shape index (κ1) is 11.4. The molecule has 1 aromatic rings. The van der Waals surface area contributed by atoms with E-state index in [9.17, 15) is 9.59 Å². The van der Waals surface area contributed by atoms with Crippen LogP contribution in [0.15, 0.2) is 36.4 Å². The summed E-state index contributed by atoms with van der Waals surface area (Å²) in [5.41, 5.74) is 1.25. The van der Waals surface area contributed by atoms with Crippen molar-refractivity contribution in [1.82, 2.24) is 0 Å². The van der Waals surface area contributed by atoms with E-state index in [0.29, 0.717) is 11.1 Å². The van der Waals surface area contributed by atoms with E-state index in [-0.39, 0.29) is 11.6 Å². The van der Waals surface area contributed by atoms with Gasteiger partial charge in [0.15, 0.2) is 11.6 Å². The number of rotatable bonds is 4. The van der Waals surface area contributed by atoms with Crippen molar-refractivity contribution in [3.05, 3.63) is 47.5 Å². The highest BCUT2D eigenvalue weighted by molar-refractivity contribution is 6.05. The molecule has 0 heterocycles. The smallest absolute Gasteiger partial charge is 0.185 e. The summed E-state index contributed by atoms with van der Waals surface area (Å²) < 4.78 is 0. The number of hydrogen-bond donors (Lipinski definition) is 0. The topological polar surface area (TPSA) is 34.1 Å². The zero-order valence-electron chi connectivity index (χ0n) is 8.99. The molecule has 0 atom stereocenters. The molecule has 15 heavy (non-hydrogen) atoms. The fraction of sp³-hybridized carbons (Fsp3) is 0.231. The average Bonchev–Trinajstić information content (AvgIpc) is 2.26. The summed E-state index contributed by atoms with van der Waals surface area (Å²) in [7, 11) is 0. The lowest BCUT2D eigenvalue weighted by atomic mass is 10.1. The van der Waals surface area contributed by atoms with Crippen LogP contribution in [0.5, 0.6) is 0 Å². The first-order valence-electron chi connectivity index (χ1n) is 4.97. The molecule has 78 valence electrons. The largest absolute Gasteiger partial charge is 0.295 e. The number of carbonyl (C=O) groups is 2. The van der Waals surface area contributed by atoms with Crippen LogP contribution in [0.4, 0.5) is 0 Å². The minimum atomic E-state index is -0.0213. The van der Waals surface area contributed by atoms with Gasteiger partial charge in [-0.1, -0.05) is 37.3 Å². The number of allylic oxidation sites excluding steroid dienone is 2. The van der Waals surface area contributed by atoms with Crippen molar-refractivity contribution in [3.63, 3.8) is 0 Å². The van der Waals surface area contributed by atoms with Gasteiger partial charge < -0.3 is 0 Å². The third-order valence-electron chi connectivity index (χ3n) is 2.08. The Kier molecular flexibility index (Phi) is 3.98. The molecular formula is C13H14O2. The van der Waals surface area contributed by atoms with Crippen LogP contribution in [0.3, 0.4) is 0 Å². The molecule has 0 unspecified atom stereocenters. The van der Waals surface area contributed by atoms with Gasteiger partial charge in [0.05, 0.1) is 0 Å². The monoisotopic (exact) mass is 202 g/mol. The number of hydrogen-bond acceptors (Lipinski definition) is 2. The van der Waals surface area contributed by atoms with E-state index in [2.05, 4.69) is 0 Å². The Bertz CT molecular complexity index is 386. The Morgan fingerprint density at radius 2 is 1.67 bits per heavy atom. The summed E-state index contributed by atoms with van der Waals surface area (Å²) in [4.78, 5) is 22.5. The minimum Gasteiger partial charge on any atom is -0.295 e. The predicted molar refractivity (Wildman–Crippen MR) is 60.2 cm³/mol. The Morgan fingerprint density at radius 1 is 1.13 bits per heavy atom. The van der Waals surface area contributed by atoms with Gasteiger partial charge in [-0.25, -0.2) is 0 Å². The quantitative estimate of drug-likeness (QED) is 0.555. The summed E-state index contributed by atoms with van der Waals surface area (Å²) >= 11 is 0. The van der Waals surface area contributed by atoms with Crippen molar-refractivity contribution < 1.29 is 9.59 Å². The molecule has 0 aliphatic heterocycles. The lowest BCUT2D eigenvalue weighted by Gasteiger charge is -1.97. The summed E-state index contributed by atoms with van der Waals surface area (Å²) in [6.07, 6.45) is 4.22. The molecule has 0 bridgehead atoms. The van der Waals surface area contributed by atoms with E-state index in [4.69, 9.17) is 0 Å². The third-order valence-corrected chi connectivity index (χ3v) is 2.08. The lowest BCUT2D eigenvalue weighted by molar-refractivity contribution is 0.101. The van der Waals surface area contributed by atoms with Crippen LogP contribution in [-0.4, -0.2) is 11.6 Å². The second-order valence-electron chi connectivity index (χ2n) is 3.31. The van der Waals surface area contributed by atoms with Crippen LogP contribution in [0.2, 0.25) is 0 Å². The second-order valence-corrected chi connectivity index (χ2v) is 3.31. The molecule has 0 saturated heterocycles. The van der Waals surface area contributed by atoms with E-state index in [0.717, 1.165) is 6.42 Å². The van der Waals surface area contributed by atoms with Crippen molar-refractivity contribution in [3.8, 4) is 0 Å². The molecule has 0 aromatic heterocycles. The summed E-state index contributed by atoms with van der Waals surface area (Å²) in [5.74, 6) is -0.00921. The summed E-state index contributed by atoms with van der Waals surface area (Å²) in [5, 5.41) is 0. The second kappa shape index (κ2) is 5.25. The highest BCUT2D eigenvalue weighted by Gasteiger charge is 2.02. The minimum absolute atomic E-state index is 0.0121. The Labute approximate surface area is 89.6 Å². The molecule has 0 radical (unpaired) electrons. The maximum Gasteiger partial charge on any atom is 0.185 e. The maximum atomic E-state index is 11.5. The summed E-state index contributed by atoms with van der Waals surface area (Å²) in [6.45, 7) is 3.48. The molecule has 1 aromatic carbocycles. The first-order valence-corrected chi connectivity index (χ1v) is 4.97. The molecule has 2 nitrogen and oxygen atoms in total. The lowest BCUT2D eigenvalue weighted by Crippen LogP contribution is -1.96. The van der Waals surface area contributed by atoms with Crippen LogP contribution in [0.25, 0.3) is 0 Å². The van der Waals surface area contributed by atoms with Gasteiger partial charge in [-0.2, -0.15) is 0 Å². The average molecular weight is 202 g/mol. The molecule has 2 heteroatoms. The molecule has 0 saturated carbocycles. The normalized spacial score (nSPS) is 10.5.